The molecule has 1 heterocycles. The molecule has 0 unspecified atom stereocenters. The van der Waals surface area contributed by atoms with Crippen molar-refractivity contribution in [3.05, 3.63) is 41.8 Å². The summed E-state index contributed by atoms with van der Waals surface area (Å²) in [6, 6.07) is 8.46. The molecule has 1 N–H and O–H groups in total. The summed E-state index contributed by atoms with van der Waals surface area (Å²) in [5, 5.41) is 3.28. The third-order valence-corrected chi connectivity index (χ3v) is 1.99. The quantitative estimate of drug-likeness (QED) is 0.579. The molecule has 0 aliphatic carbocycles. The molecule has 56 valence electrons. The molecule has 0 atom stereocenters. The molecule has 2 radical (unpaired) electrons. The van der Waals surface area contributed by atoms with Crippen LogP contribution in [0.5, 0.6) is 0 Å². The van der Waals surface area contributed by atoms with Gasteiger partial charge in [0.1, 0.15) is 0 Å². The number of hydrogen-bond acceptors (Lipinski definition) is 1. The summed E-state index contributed by atoms with van der Waals surface area (Å²) in [5.74, 6) is 0. The van der Waals surface area contributed by atoms with Gasteiger partial charge in [0.15, 0.2) is 0 Å². The molecule has 1 aromatic carbocycles. The second-order valence-electron chi connectivity index (χ2n) is 2.76. The van der Waals surface area contributed by atoms with Crippen molar-refractivity contribution in [3.8, 4) is 0 Å². The first kappa shape index (κ1) is 6.86. The first-order valence-electron chi connectivity index (χ1n) is 3.99. The Balaban J connectivity index is 2.33. The van der Waals surface area contributed by atoms with E-state index >= 15 is 0 Å². The molecule has 0 fully saturated rings. The van der Waals surface area contributed by atoms with Gasteiger partial charge in [-0.15, -0.1) is 0 Å². The van der Waals surface area contributed by atoms with Crippen molar-refractivity contribution in [2.75, 3.05) is 13.1 Å². The molecule has 2 rings (SSSR count). The summed E-state index contributed by atoms with van der Waals surface area (Å²) >= 11 is 0. The normalized spacial score (nSPS) is 17.1. The zero-order valence-electron chi connectivity index (χ0n) is 6.43. The van der Waals surface area contributed by atoms with Crippen molar-refractivity contribution in [2.45, 2.75) is 6.42 Å². The van der Waals surface area contributed by atoms with Gasteiger partial charge in [-0.2, -0.15) is 0 Å². The van der Waals surface area contributed by atoms with Crippen LogP contribution < -0.4 is 5.32 Å². The van der Waals surface area contributed by atoms with Crippen LogP contribution >= 0.6 is 0 Å². The van der Waals surface area contributed by atoms with Crippen molar-refractivity contribution in [2.24, 2.45) is 0 Å². The molecular formula is C10H11N. The standard InChI is InChI=1S/C10H11N/c1-2-4-10-6-8-11-7-5-9(10)3-1/h1-4,11H,5,7-8H2. The summed E-state index contributed by atoms with van der Waals surface area (Å²) < 4.78 is 0. The van der Waals surface area contributed by atoms with Crippen LogP contribution in [0.25, 0.3) is 0 Å². The Morgan fingerprint density at radius 2 is 2.18 bits per heavy atom. The molecule has 1 aliphatic rings. The van der Waals surface area contributed by atoms with Gasteiger partial charge in [-0.05, 0) is 24.1 Å². The smallest absolute Gasteiger partial charge is 0.0317 e. The Morgan fingerprint density at radius 1 is 1.27 bits per heavy atom. The van der Waals surface area contributed by atoms with Gasteiger partial charge in [-0.3, -0.25) is 0 Å². The fraction of sp³-hybridized carbons (Fsp3) is 0.300. The van der Waals surface area contributed by atoms with E-state index in [1.54, 1.807) is 0 Å². The predicted octanol–water partition coefficient (Wildman–Crippen LogP) is 1.26. The average Bonchev–Trinajstić information content (AvgIpc) is 2.28. The summed E-state index contributed by atoms with van der Waals surface area (Å²) in [4.78, 5) is 0. The number of hydrogen-bond donors (Lipinski definition) is 1. The van der Waals surface area contributed by atoms with Gasteiger partial charge in [-0.25, -0.2) is 0 Å². The van der Waals surface area contributed by atoms with Crippen molar-refractivity contribution >= 4 is 0 Å². The Labute approximate surface area is 67.4 Å². The Kier molecular flexibility index (Phi) is 1.91. The third kappa shape index (κ3) is 1.43. The van der Waals surface area contributed by atoms with E-state index < -0.39 is 0 Å². The van der Waals surface area contributed by atoms with Crippen LogP contribution in [0, 0.1) is 6.42 Å². The van der Waals surface area contributed by atoms with Crippen LogP contribution in [0.3, 0.4) is 0 Å². The van der Waals surface area contributed by atoms with E-state index in [2.05, 4.69) is 36.0 Å². The maximum absolute atomic E-state index is 3.31. The van der Waals surface area contributed by atoms with E-state index in [0.717, 1.165) is 19.5 Å². The minimum absolute atomic E-state index is 0.886. The van der Waals surface area contributed by atoms with Gasteiger partial charge in [-0.1, -0.05) is 24.3 Å². The average molecular weight is 145 g/mol. The lowest BCUT2D eigenvalue weighted by molar-refractivity contribution is 0.750. The lowest BCUT2D eigenvalue weighted by Gasteiger charge is -2.01. The molecule has 0 aromatic heterocycles. The predicted molar refractivity (Wildman–Crippen MR) is 45.4 cm³/mol. The van der Waals surface area contributed by atoms with Crippen LogP contribution in [0.4, 0.5) is 0 Å². The van der Waals surface area contributed by atoms with Gasteiger partial charge in [0.25, 0.3) is 0 Å². The highest BCUT2D eigenvalue weighted by Gasteiger charge is 2.05. The number of rotatable bonds is 0. The van der Waals surface area contributed by atoms with Gasteiger partial charge < -0.3 is 5.32 Å². The molecule has 0 saturated heterocycles. The molecule has 11 heavy (non-hydrogen) atoms. The largest absolute Gasteiger partial charge is 0.315 e. The molecule has 0 spiro atoms. The number of nitrogens with one attached hydrogen (secondary N) is 1. The van der Waals surface area contributed by atoms with E-state index in [1.807, 2.05) is 0 Å². The maximum Gasteiger partial charge on any atom is 0.0317 e. The number of fused-ring (bicyclic) bond motifs is 1. The van der Waals surface area contributed by atoms with Crippen LogP contribution in [-0.2, 0) is 6.42 Å². The second kappa shape index (κ2) is 3.05. The van der Waals surface area contributed by atoms with Gasteiger partial charge in [0, 0.05) is 13.0 Å². The van der Waals surface area contributed by atoms with Crippen molar-refractivity contribution in [1.29, 1.82) is 0 Å². The minimum atomic E-state index is 0.886. The van der Waals surface area contributed by atoms with E-state index in [9.17, 15) is 0 Å². The maximum atomic E-state index is 3.31. The fourth-order valence-electron chi connectivity index (χ4n) is 1.38. The lowest BCUT2D eigenvalue weighted by Crippen LogP contribution is -2.15. The SMILES string of the molecule is [C]1CNCCc2ccccc21. The van der Waals surface area contributed by atoms with E-state index in [1.165, 1.54) is 11.1 Å². The number of benzene rings is 1. The topological polar surface area (TPSA) is 12.0 Å². The van der Waals surface area contributed by atoms with Crippen LogP contribution in [0.15, 0.2) is 24.3 Å². The van der Waals surface area contributed by atoms with Crippen molar-refractivity contribution in [1.82, 2.24) is 5.32 Å². The summed E-state index contributed by atoms with van der Waals surface area (Å²) in [6.07, 6.45) is 4.44. The van der Waals surface area contributed by atoms with Gasteiger partial charge >= 0.3 is 0 Å². The highest BCUT2D eigenvalue weighted by molar-refractivity contribution is 5.34. The molecule has 1 aromatic rings. The molecule has 0 saturated carbocycles. The minimum Gasteiger partial charge on any atom is -0.315 e. The van der Waals surface area contributed by atoms with E-state index in [0.29, 0.717) is 0 Å². The van der Waals surface area contributed by atoms with Crippen molar-refractivity contribution < 1.29 is 0 Å². The van der Waals surface area contributed by atoms with Gasteiger partial charge in [0.05, 0.1) is 0 Å². The highest BCUT2D eigenvalue weighted by Crippen LogP contribution is 2.12. The van der Waals surface area contributed by atoms with Crippen LogP contribution in [0.1, 0.15) is 11.1 Å². The third-order valence-electron chi connectivity index (χ3n) is 1.99. The summed E-state index contributed by atoms with van der Waals surface area (Å²) in [5.41, 5.74) is 2.69. The monoisotopic (exact) mass is 145 g/mol. The Morgan fingerprint density at radius 3 is 3.18 bits per heavy atom. The van der Waals surface area contributed by atoms with Crippen molar-refractivity contribution in [3.63, 3.8) is 0 Å². The molecule has 0 bridgehead atoms. The zero-order chi connectivity index (χ0) is 7.52. The molecule has 0 amide bonds. The van der Waals surface area contributed by atoms with Crippen LogP contribution in [-0.4, -0.2) is 13.1 Å². The van der Waals surface area contributed by atoms with E-state index in [4.69, 9.17) is 0 Å². The fourth-order valence-corrected chi connectivity index (χ4v) is 1.38. The van der Waals surface area contributed by atoms with Crippen LogP contribution in [0.2, 0.25) is 0 Å². The Bertz CT molecular complexity index is 217. The molecule has 1 nitrogen and oxygen atoms in total. The summed E-state index contributed by atoms with van der Waals surface area (Å²) in [6.45, 7) is 1.96. The lowest BCUT2D eigenvalue weighted by atomic mass is 10.0. The first-order valence-corrected chi connectivity index (χ1v) is 3.99. The first-order chi connectivity index (χ1) is 5.47. The zero-order valence-corrected chi connectivity index (χ0v) is 6.43. The Hall–Kier alpha value is -0.820. The van der Waals surface area contributed by atoms with E-state index in [-0.39, 0.29) is 0 Å². The molecule has 1 aliphatic heterocycles. The molecular weight excluding hydrogens is 134 g/mol. The summed E-state index contributed by atoms with van der Waals surface area (Å²) in [7, 11) is 0. The second-order valence-corrected chi connectivity index (χ2v) is 2.76. The highest BCUT2D eigenvalue weighted by atomic mass is 14.8. The van der Waals surface area contributed by atoms with Gasteiger partial charge in [0.2, 0.25) is 0 Å². The molecule has 1 heteroatoms.